The number of rotatable bonds is 6. The molecule has 2 aromatic carbocycles. The van der Waals surface area contributed by atoms with E-state index < -0.39 is 23.5 Å². The number of hydrogen-bond acceptors (Lipinski definition) is 6. The molecule has 0 aliphatic carbocycles. The number of hydrogen-bond donors (Lipinski definition) is 1. The molecule has 9 heteroatoms. The van der Waals surface area contributed by atoms with Crippen molar-refractivity contribution in [3.05, 3.63) is 89.0 Å². The largest absolute Gasteiger partial charge is 0.507 e. The first kappa shape index (κ1) is 23.9. The normalized spacial score (nSPS) is 20.3. The zero-order chi connectivity index (χ0) is 25.2. The minimum absolute atomic E-state index is 0.0664. The highest BCUT2D eigenvalue weighted by Gasteiger charge is 2.46. The van der Waals surface area contributed by atoms with Gasteiger partial charge in [0.2, 0.25) is 0 Å². The Kier molecular flexibility index (Phi) is 6.67. The maximum atomic E-state index is 14.2. The van der Waals surface area contributed by atoms with Gasteiger partial charge in [-0.25, -0.2) is 9.07 Å². The summed E-state index contributed by atoms with van der Waals surface area (Å²) in [4.78, 5) is 30.0. The van der Waals surface area contributed by atoms with Crippen LogP contribution in [0.4, 0.5) is 4.39 Å². The minimum Gasteiger partial charge on any atom is -0.507 e. The molecule has 36 heavy (non-hydrogen) atoms. The third-order valence-electron chi connectivity index (χ3n) is 6.73. The number of para-hydroxylation sites is 1. The van der Waals surface area contributed by atoms with Crippen LogP contribution in [0.3, 0.4) is 0 Å². The van der Waals surface area contributed by atoms with Crippen molar-refractivity contribution >= 4 is 17.4 Å². The number of morpholine rings is 1. The number of aromatic nitrogens is 2. The number of nitrogens with zero attached hydrogens (tertiary/aromatic N) is 4. The molecular formula is C27H27FN4O4. The topological polar surface area (TPSA) is 87.9 Å². The van der Waals surface area contributed by atoms with Gasteiger partial charge in [0.15, 0.2) is 0 Å². The number of carbonyl (C=O) groups excluding carboxylic acids is 2. The van der Waals surface area contributed by atoms with Crippen LogP contribution in [0.5, 0.6) is 0 Å². The Morgan fingerprint density at radius 3 is 2.56 bits per heavy atom. The Labute approximate surface area is 208 Å². The fraction of sp³-hybridized carbons (Fsp3) is 0.296. The molecule has 1 atom stereocenters. The zero-order valence-electron chi connectivity index (χ0n) is 19.9. The number of carbonyl (C=O) groups is 2. The monoisotopic (exact) mass is 490 g/mol. The number of amides is 1. The van der Waals surface area contributed by atoms with Crippen LogP contribution in [-0.2, 0) is 14.3 Å². The molecule has 0 saturated carbocycles. The van der Waals surface area contributed by atoms with Gasteiger partial charge in [-0.15, -0.1) is 0 Å². The van der Waals surface area contributed by atoms with Crippen molar-refractivity contribution in [1.82, 2.24) is 19.6 Å². The van der Waals surface area contributed by atoms with Crippen LogP contribution in [0.25, 0.3) is 11.4 Å². The van der Waals surface area contributed by atoms with Crippen molar-refractivity contribution in [3.63, 3.8) is 0 Å². The molecule has 0 bridgehead atoms. The van der Waals surface area contributed by atoms with E-state index in [0.717, 1.165) is 18.8 Å². The summed E-state index contributed by atoms with van der Waals surface area (Å²) in [6.07, 6.45) is 1.47. The van der Waals surface area contributed by atoms with E-state index in [1.165, 1.54) is 29.3 Å². The van der Waals surface area contributed by atoms with Crippen LogP contribution >= 0.6 is 0 Å². The summed E-state index contributed by atoms with van der Waals surface area (Å²) in [5.41, 5.74) is 2.10. The molecule has 5 rings (SSSR count). The summed E-state index contributed by atoms with van der Waals surface area (Å²) in [6.45, 7) is 5.24. The highest BCUT2D eigenvalue weighted by molar-refractivity contribution is 6.46. The Morgan fingerprint density at radius 1 is 1.08 bits per heavy atom. The molecule has 2 saturated heterocycles. The van der Waals surface area contributed by atoms with Gasteiger partial charge < -0.3 is 14.7 Å². The molecule has 2 aliphatic heterocycles. The summed E-state index contributed by atoms with van der Waals surface area (Å²) in [7, 11) is 0. The highest BCUT2D eigenvalue weighted by Crippen LogP contribution is 2.40. The van der Waals surface area contributed by atoms with Crippen LogP contribution < -0.4 is 0 Å². The van der Waals surface area contributed by atoms with E-state index in [-0.39, 0.29) is 17.9 Å². The van der Waals surface area contributed by atoms with Crippen molar-refractivity contribution < 1.29 is 23.8 Å². The van der Waals surface area contributed by atoms with Crippen molar-refractivity contribution in [1.29, 1.82) is 0 Å². The number of benzene rings is 2. The molecule has 8 nitrogen and oxygen atoms in total. The van der Waals surface area contributed by atoms with Gasteiger partial charge in [0.25, 0.3) is 11.7 Å². The summed E-state index contributed by atoms with van der Waals surface area (Å²) < 4.78 is 21.3. The molecule has 2 aliphatic rings. The Hall–Kier alpha value is -3.82. The van der Waals surface area contributed by atoms with Gasteiger partial charge in [0, 0.05) is 26.2 Å². The van der Waals surface area contributed by atoms with E-state index in [9.17, 15) is 19.1 Å². The number of Topliss-reactive ketones (excluding diaryl/α,β-unsaturated/α-hetero) is 1. The standard InChI is InChI=1S/C27H27FN4O4/c1-18-22(17-29-32(18)21-8-3-2-4-9-21)25(33)23-24(19-6-5-7-20(28)16-19)31(27(35)26(23)34)11-10-30-12-14-36-15-13-30/h2-9,16-17,24,33H,10-15H2,1H3/b25-23-. The second-order valence-corrected chi connectivity index (χ2v) is 8.89. The fourth-order valence-corrected chi connectivity index (χ4v) is 4.82. The van der Waals surface area contributed by atoms with Crippen LogP contribution in [0.15, 0.2) is 66.4 Å². The summed E-state index contributed by atoms with van der Waals surface area (Å²) in [5.74, 6) is -2.32. The van der Waals surface area contributed by atoms with Gasteiger partial charge in [-0.2, -0.15) is 5.10 Å². The predicted molar refractivity (Wildman–Crippen MR) is 131 cm³/mol. The first-order valence-electron chi connectivity index (χ1n) is 11.9. The van der Waals surface area contributed by atoms with Crippen LogP contribution in [-0.4, -0.2) is 75.8 Å². The van der Waals surface area contributed by atoms with E-state index >= 15 is 0 Å². The molecular weight excluding hydrogens is 463 g/mol. The second kappa shape index (κ2) is 10.0. The molecule has 1 N–H and O–H groups in total. The summed E-state index contributed by atoms with van der Waals surface area (Å²) >= 11 is 0. The molecule has 3 aromatic rings. The quantitative estimate of drug-likeness (QED) is 0.325. The molecule has 2 fully saturated rings. The molecule has 186 valence electrons. The van der Waals surface area contributed by atoms with Crippen molar-refractivity contribution in [2.24, 2.45) is 0 Å². The maximum absolute atomic E-state index is 14.2. The Balaban J connectivity index is 1.56. The van der Waals surface area contributed by atoms with E-state index in [1.807, 2.05) is 30.3 Å². The van der Waals surface area contributed by atoms with Gasteiger partial charge in [0.05, 0.1) is 48.0 Å². The predicted octanol–water partition coefficient (Wildman–Crippen LogP) is 3.07. The first-order chi connectivity index (χ1) is 17.5. The molecule has 1 aromatic heterocycles. The summed E-state index contributed by atoms with van der Waals surface area (Å²) in [6, 6.07) is 14.3. The number of halogens is 1. The highest BCUT2D eigenvalue weighted by atomic mass is 19.1. The van der Waals surface area contributed by atoms with Gasteiger partial charge in [-0.1, -0.05) is 30.3 Å². The first-order valence-corrected chi connectivity index (χ1v) is 11.9. The number of ketones is 1. The lowest BCUT2D eigenvalue weighted by molar-refractivity contribution is -0.140. The van der Waals surface area contributed by atoms with Crippen molar-refractivity contribution in [2.75, 3.05) is 39.4 Å². The third-order valence-corrected chi connectivity index (χ3v) is 6.73. The lowest BCUT2D eigenvalue weighted by atomic mass is 9.95. The van der Waals surface area contributed by atoms with E-state index in [4.69, 9.17) is 4.74 Å². The average Bonchev–Trinajstić information content (AvgIpc) is 3.40. The van der Waals surface area contributed by atoms with E-state index in [1.54, 1.807) is 17.7 Å². The van der Waals surface area contributed by atoms with Gasteiger partial charge in [-0.3, -0.25) is 14.5 Å². The Morgan fingerprint density at radius 2 is 1.83 bits per heavy atom. The molecule has 0 radical (unpaired) electrons. The summed E-state index contributed by atoms with van der Waals surface area (Å²) in [5, 5.41) is 15.8. The fourth-order valence-electron chi connectivity index (χ4n) is 4.82. The van der Waals surface area contributed by atoms with Crippen LogP contribution in [0.1, 0.15) is 22.9 Å². The lowest BCUT2D eigenvalue weighted by Gasteiger charge is -2.31. The number of ether oxygens (including phenoxy) is 1. The molecule has 0 spiro atoms. The number of aliphatic hydroxyl groups excluding tert-OH is 1. The van der Waals surface area contributed by atoms with Crippen LogP contribution in [0, 0.1) is 12.7 Å². The maximum Gasteiger partial charge on any atom is 0.295 e. The van der Waals surface area contributed by atoms with E-state index in [2.05, 4.69) is 10.00 Å². The third kappa shape index (κ3) is 4.43. The molecule has 3 heterocycles. The SMILES string of the molecule is Cc1c(/C(O)=C2/C(=O)C(=O)N(CCN3CCOCC3)C2c2cccc(F)c2)cnn1-c1ccccc1. The zero-order valence-corrected chi connectivity index (χ0v) is 19.9. The van der Waals surface area contributed by atoms with Gasteiger partial charge in [-0.05, 0) is 36.8 Å². The Bertz CT molecular complexity index is 1310. The van der Waals surface area contributed by atoms with E-state index in [0.29, 0.717) is 36.6 Å². The lowest BCUT2D eigenvalue weighted by Crippen LogP contribution is -2.42. The molecule has 1 amide bonds. The minimum atomic E-state index is -0.916. The molecule has 1 unspecified atom stereocenters. The smallest absolute Gasteiger partial charge is 0.295 e. The second-order valence-electron chi connectivity index (χ2n) is 8.89. The average molecular weight is 491 g/mol. The number of likely N-dealkylation sites (tertiary alicyclic amines) is 1. The van der Waals surface area contributed by atoms with Crippen molar-refractivity contribution in [3.8, 4) is 5.69 Å². The number of aliphatic hydroxyl groups is 1. The van der Waals surface area contributed by atoms with Gasteiger partial charge in [0.1, 0.15) is 11.6 Å². The van der Waals surface area contributed by atoms with Crippen molar-refractivity contribution in [2.45, 2.75) is 13.0 Å². The van der Waals surface area contributed by atoms with Crippen LogP contribution in [0.2, 0.25) is 0 Å². The van der Waals surface area contributed by atoms with Gasteiger partial charge >= 0.3 is 0 Å².